The summed E-state index contributed by atoms with van der Waals surface area (Å²) in [6.07, 6.45) is 7.10. The molecular formula is C57H81NO13. The maximum Gasteiger partial charge on any atom is 0.311 e. The summed E-state index contributed by atoms with van der Waals surface area (Å²) in [5.41, 5.74) is -0.194. The number of piperidine rings is 1. The molecule has 8 atom stereocenters. The lowest BCUT2D eigenvalue weighted by Gasteiger charge is -2.69. The van der Waals surface area contributed by atoms with Gasteiger partial charge in [0.2, 0.25) is 0 Å². The lowest BCUT2D eigenvalue weighted by molar-refractivity contribution is -0.253. The normalized spacial score (nSPS) is 29.7. The van der Waals surface area contributed by atoms with Crippen molar-refractivity contribution in [3.05, 3.63) is 64.1 Å². The first kappa shape index (κ1) is 54.2. The number of nitrogens with zero attached hydrogens (tertiary/aromatic N) is 1. The maximum atomic E-state index is 14.5. The second kappa shape index (κ2) is 19.4. The monoisotopic (exact) mass is 988 g/mol. The van der Waals surface area contributed by atoms with Gasteiger partial charge in [-0.25, -0.2) is 0 Å². The van der Waals surface area contributed by atoms with Gasteiger partial charge in [-0.05, 0) is 113 Å². The Morgan fingerprint density at radius 3 is 2.15 bits per heavy atom. The minimum absolute atomic E-state index is 0.0601. The molecule has 2 aliphatic heterocycles. The minimum atomic E-state index is -1.10. The van der Waals surface area contributed by atoms with Gasteiger partial charge in [0.05, 0.1) is 17.4 Å². The number of hydrogen-bond acceptors (Lipinski definition) is 14. The molecule has 4 aliphatic carbocycles. The second-order valence-electron chi connectivity index (χ2n) is 23.9. The van der Waals surface area contributed by atoms with Gasteiger partial charge in [-0.1, -0.05) is 67.2 Å². The van der Waals surface area contributed by atoms with E-state index >= 15 is 0 Å². The lowest BCUT2D eigenvalue weighted by Crippen LogP contribution is -2.74. The van der Waals surface area contributed by atoms with Crippen molar-refractivity contribution in [2.24, 2.45) is 34.0 Å². The molecule has 1 N–H and O–H groups in total. The predicted octanol–water partition coefficient (Wildman–Crippen LogP) is 9.23. The number of esters is 5. The van der Waals surface area contributed by atoms with Crippen molar-refractivity contribution in [2.45, 2.75) is 189 Å². The quantitative estimate of drug-likeness (QED) is 0.0567. The zero-order chi connectivity index (χ0) is 52.4. The third-order valence-electron chi connectivity index (χ3n) is 17.7. The van der Waals surface area contributed by atoms with Gasteiger partial charge in [0.1, 0.15) is 30.3 Å². The van der Waals surface area contributed by atoms with Gasteiger partial charge in [-0.3, -0.25) is 28.9 Å². The summed E-state index contributed by atoms with van der Waals surface area (Å²) in [5, 5.41) is 12.8. The second-order valence-corrected chi connectivity index (χ2v) is 23.9. The summed E-state index contributed by atoms with van der Waals surface area (Å²) in [6, 6.07) is 3.98. The Labute approximate surface area is 421 Å². The highest BCUT2D eigenvalue weighted by atomic mass is 16.6. The van der Waals surface area contributed by atoms with E-state index < -0.39 is 74.9 Å². The van der Waals surface area contributed by atoms with E-state index in [0.717, 1.165) is 61.0 Å². The third-order valence-corrected chi connectivity index (χ3v) is 17.7. The molecule has 7 rings (SSSR count). The van der Waals surface area contributed by atoms with E-state index in [2.05, 4.69) is 39.2 Å². The molecule has 2 unspecified atom stereocenters. The van der Waals surface area contributed by atoms with Crippen LogP contribution in [-0.4, -0.2) is 102 Å². The van der Waals surface area contributed by atoms with Crippen molar-refractivity contribution < 1.29 is 62.2 Å². The molecule has 2 saturated heterocycles. The Hall–Kier alpha value is -4.53. The fraction of sp³-hybridized carbons (Fsp3) is 0.702. The van der Waals surface area contributed by atoms with E-state index in [9.17, 15) is 29.1 Å². The summed E-state index contributed by atoms with van der Waals surface area (Å²) in [5.74, 6) is -1.63. The fourth-order valence-electron chi connectivity index (χ4n) is 14.0. The van der Waals surface area contributed by atoms with E-state index in [1.165, 1.54) is 26.7 Å². The smallest absolute Gasteiger partial charge is 0.311 e. The molecule has 0 amide bonds. The number of allylic oxidation sites excluding steroid dienone is 3. The maximum absolute atomic E-state index is 14.5. The summed E-state index contributed by atoms with van der Waals surface area (Å²) in [6.45, 7) is 30.1. The van der Waals surface area contributed by atoms with Gasteiger partial charge in [0.25, 0.3) is 0 Å². The van der Waals surface area contributed by atoms with Crippen LogP contribution in [0.2, 0.25) is 0 Å². The summed E-state index contributed by atoms with van der Waals surface area (Å²) in [7, 11) is 1.77. The van der Waals surface area contributed by atoms with Crippen LogP contribution in [0.25, 0.3) is 0 Å². The van der Waals surface area contributed by atoms with E-state index in [-0.39, 0.29) is 49.9 Å². The molecule has 1 aromatic carbocycles. The molecule has 1 aromatic rings. The lowest BCUT2D eigenvalue weighted by atomic mass is 9.39. The number of carbonyl (C=O) groups excluding carboxylic acids is 5. The van der Waals surface area contributed by atoms with E-state index in [1.807, 2.05) is 53.7 Å². The SMILES string of the molecule is C=CC1=C2/C(=C(\C)OC(=O)CC(C)(C)c3c(C)cc(C)cc3OC(=O)CC(C)CC(=O)OC(COC(C)=O)COC(C)=O)O[C@]34C[C@]3(OC)[C@@H]([C@](C)(O)C(C)(C)C)C[C@]3(CC)C(C1)N(CC1CC1)CC[C@@]234. The molecule has 392 valence electrons. The Morgan fingerprint density at radius 1 is 0.958 bits per heavy atom. The van der Waals surface area contributed by atoms with Gasteiger partial charge in [0, 0.05) is 80.7 Å². The molecule has 5 fully saturated rings. The third kappa shape index (κ3) is 9.40. The van der Waals surface area contributed by atoms with Crippen molar-refractivity contribution in [1.82, 2.24) is 4.90 Å². The van der Waals surface area contributed by atoms with Crippen LogP contribution in [0.4, 0.5) is 0 Å². The number of aryl methyl sites for hydroxylation is 2. The molecule has 2 bridgehead atoms. The minimum Gasteiger partial charge on any atom is -0.479 e. The molecule has 0 radical (unpaired) electrons. The standard InChI is InChI=1S/C57H81NO13/c1-16-40-26-44-54(17-2)27-43(53(14,64)51(9,10)11)56(65-15)32-57(56)55(54,20-21-58(44)29-39-18-19-39)49(40)50(71-57)36(6)68-47(63)28-52(12,13)48-35(5)22-33(3)23-42(48)70-46(62)25-34(4)24-45(61)69-41(30-66-37(7)59)31-67-38(8)60/h16,22-23,34,39,41,43-44,64H,1,17-21,24-32H2,2-15H3/b50-36-/t34?,43-,44?,53+,54-,55-,56+,57+/m1/s1. The highest BCUT2D eigenvalue weighted by Gasteiger charge is 2.94. The highest BCUT2D eigenvalue weighted by molar-refractivity contribution is 5.77. The zero-order valence-electron chi connectivity index (χ0n) is 45.0. The first-order valence-corrected chi connectivity index (χ1v) is 25.9. The van der Waals surface area contributed by atoms with Gasteiger partial charge >= 0.3 is 29.8 Å². The number of hydrogen-bond donors (Lipinski definition) is 1. The highest BCUT2D eigenvalue weighted by Crippen LogP contribution is 2.87. The molecule has 14 nitrogen and oxygen atoms in total. The van der Waals surface area contributed by atoms with Crippen LogP contribution in [0.15, 0.2) is 47.5 Å². The van der Waals surface area contributed by atoms with Gasteiger partial charge in [-0.2, -0.15) is 0 Å². The number of ether oxygens (including phenoxy) is 7. The van der Waals surface area contributed by atoms with Crippen LogP contribution in [0.3, 0.4) is 0 Å². The Kier molecular flexibility index (Phi) is 14.8. The van der Waals surface area contributed by atoms with Crippen LogP contribution < -0.4 is 4.74 Å². The number of rotatable bonds is 20. The van der Waals surface area contributed by atoms with E-state index in [0.29, 0.717) is 35.2 Å². The molecule has 2 spiro atoms. The van der Waals surface area contributed by atoms with Crippen LogP contribution in [0.5, 0.6) is 5.75 Å². The topological polar surface area (TPSA) is 173 Å². The Bertz CT molecular complexity index is 2370. The average molecular weight is 988 g/mol. The molecule has 3 saturated carbocycles. The molecular weight excluding hydrogens is 907 g/mol. The molecule has 0 aromatic heterocycles. The Balaban J connectivity index is 1.14. The first-order valence-electron chi connectivity index (χ1n) is 25.9. The van der Waals surface area contributed by atoms with Crippen molar-refractivity contribution in [3.8, 4) is 5.75 Å². The zero-order valence-corrected chi connectivity index (χ0v) is 45.0. The van der Waals surface area contributed by atoms with Crippen LogP contribution >= 0.6 is 0 Å². The van der Waals surface area contributed by atoms with Crippen LogP contribution in [0.1, 0.15) is 157 Å². The summed E-state index contributed by atoms with van der Waals surface area (Å²) >= 11 is 0. The van der Waals surface area contributed by atoms with Crippen LogP contribution in [0, 0.1) is 47.8 Å². The predicted molar refractivity (Wildman–Crippen MR) is 266 cm³/mol. The summed E-state index contributed by atoms with van der Waals surface area (Å²) in [4.78, 5) is 66.5. The van der Waals surface area contributed by atoms with E-state index in [4.69, 9.17) is 33.2 Å². The summed E-state index contributed by atoms with van der Waals surface area (Å²) < 4.78 is 42.2. The average Bonchev–Trinajstić information content (AvgIpc) is 4.17. The number of benzene rings is 1. The number of likely N-dealkylation sites (tertiary alicyclic amines) is 1. The van der Waals surface area contributed by atoms with Crippen molar-refractivity contribution in [3.63, 3.8) is 0 Å². The van der Waals surface area contributed by atoms with Gasteiger partial charge in [0.15, 0.2) is 17.5 Å². The molecule has 71 heavy (non-hydrogen) atoms. The number of aliphatic hydroxyl groups is 1. The van der Waals surface area contributed by atoms with Crippen molar-refractivity contribution in [2.75, 3.05) is 33.4 Å². The van der Waals surface area contributed by atoms with Crippen LogP contribution in [-0.2, 0) is 57.8 Å². The molecule has 14 heteroatoms. The van der Waals surface area contributed by atoms with E-state index in [1.54, 1.807) is 20.1 Å². The molecule has 2 heterocycles. The first-order chi connectivity index (χ1) is 33.1. The molecule has 6 aliphatic rings. The largest absolute Gasteiger partial charge is 0.479 e. The van der Waals surface area contributed by atoms with Crippen molar-refractivity contribution in [1.29, 1.82) is 0 Å². The number of carbonyl (C=O) groups is 5. The van der Waals surface area contributed by atoms with Gasteiger partial charge in [-0.15, -0.1) is 0 Å². The number of methoxy groups -OCH3 is 1. The fourth-order valence-corrected chi connectivity index (χ4v) is 14.0. The van der Waals surface area contributed by atoms with Gasteiger partial charge < -0.3 is 38.3 Å². The van der Waals surface area contributed by atoms with Crippen molar-refractivity contribution >= 4 is 29.8 Å². The Morgan fingerprint density at radius 2 is 1.59 bits per heavy atom.